The first-order valence-electron chi connectivity index (χ1n) is 6.76. The summed E-state index contributed by atoms with van der Waals surface area (Å²) in [6.07, 6.45) is 0. The molecule has 0 atom stereocenters. The highest BCUT2D eigenvalue weighted by Gasteiger charge is 2.26. The van der Waals surface area contributed by atoms with E-state index in [1.165, 1.54) is 0 Å². The van der Waals surface area contributed by atoms with Crippen molar-refractivity contribution in [3.63, 3.8) is 0 Å². The van der Waals surface area contributed by atoms with Crippen molar-refractivity contribution in [2.45, 2.75) is 31.6 Å². The van der Waals surface area contributed by atoms with Crippen molar-refractivity contribution in [1.29, 1.82) is 0 Å². The molecule has 2 rings (SSSR count). The van der Waals surface area contributed by atoms with Gasteiger partial charge in [0.25, 0.3) is 0 Å². The molecule has 0 bridgehead atoms. The summed E-state index contributed by atoms with van der Waals surface area (Å²) in [4.78, 5) is 4.86. The van der Waals surface area contributed by atoms with Gasteiger partial charge in [-0.1, -0.05) is 15.9 Å². The largest absolute Gasteiger partial charge is 0.369 e. The van der Waals surface area contributed by atoms with Gasteiger partial charge in [-0.15, -0.1) is 0 Å². The average molecular weight is 329 g/mol. The Kier molecular flexibility index (Phi) is 4.51. The number of halogens is 2. The van der Waals surface area contributed by atoms with E-state index >= 15 is 0 Å². The van der Waals surface area contributed by atoms with Crippen molar-refractivity contribution in [2.75, 3.05) is 31.1 Å². The summed E-state index contributed by atoms with van der Waals surface area (Å²) >= 11 is 3.45. The van der Waals surface area contributed by atoms with Crippen LogP contribution in [0.5, 0.6) is 0 Å². The monoisotopic (exact) mass is 328 g/mol. The summed E-state index contributed by atoms with van der Waals surface area (Å²) in [7, 11) is 0. The van der Waals surface area contributed by atoms with Gasteiger partial charge in [-0.2, -0.15) is 0 Å². The molecule has 19 heavy (non-hydrogen) atoms. The van der Waals surface area contributed by atoms with Crippen LogP contribution in [-0.4, -0.2) is 36.6 Å². The quantitative estimate of drug-likeness (QED) is 0.765. The zero-order valence-electron chi connectivity index (χ0n) is 11.9. The summed E-state index contributed by atoms with van der Waals surface area (Å²) in [6.45, 7) is 10.9. The highest BCUT2D eigenvalue weighted by molar-refractivity contribution is 9.08. The van der Waals surface area contributed by atoms with Crippen molar-refractivity contribution < 1.29 is 4.39 Å². The molecule has 0 unspecified atom stereocenters. The topological polar surface area (TPSA) is 6.48 Å². The molecule has 0 saturated carbocycles. The molecule has 0 N–H and O–H groups in total. The van der Waals surface area contributed by atoms with Crippen molar-refractivity contribution in [1.82, 2.24) is 4.90 Å². The lowest BCUT2D eigenvalue weighted by Gasteiger charge is -2.43. The Balaban J connectivity index is 2.10. The van der Waals surface area contributed by atoms with Crippen LogP contribution in [0.3, 0.4) is 0 Å². The standard InChI is InChI=1S/C15H22BrFN2/c1-15(2,3)19-8-6-18(7-9-19)14-5-4-13(17)10-12(14)11-16/h4-5,10H,6-9,11H2,1-3H3. The lowest BCUT2D eigenvalue weighted by Crippen LogP contribution is -2.53. The number of anilines is 1. The molecule has 1 aromatic rings. The maximum atomic E-state index is 13.3. The lowest BCUT2D eigenvalue weighted by atomic mass is 10.0. The molecule has 0 spiro atoms. The Morgan fingerprint density at radius 2 is 1.79 bits per heavy atom. The van der Waals surface area contributed by atoms with E-state index in [0.29, 0.717) is 5.33 Å². The zero-order chi connectivity index (χ0) is 14.0. The highest BCUT2D eigenvalue weighted by atomic mass is 79.9. The van der Waals surface area contributed by atoms with Crippen LogP contribution in [0.25, 0.3) is 0 Å². The Labute approximate surface area is 123 Å². The van der Waals surface area contributed by atoms with Gasteiger partial charge in [0, 0.05) is 42.7 Å². The molecule has 4 heteroatoms. The van der Waals surface area contributed by atoms with E-state index in [1.807, 2.05) is 6.07 Å². The highest BCUT2D eigenvalue weighted by Crippen LogP contribution is 2.26. The number of hydrogen-bond acceptors (Lipinski definition) is 2. The van der Waals surface area contributed by atoms with E-state index < -0.39 is 0 Å². The smallest absolute Gasteiger partial charge is 0.123 e. The van der Waals surface area contributed by atoms with Gasteiger partial charge in [0.05, 0.1) is 0 Å². The predicted molar refractivity (Wildman–Crippen MR) is 82.6 cm³/mol. The Morgan fingerprint density at radius 3 is 2.32 bits per heavy atom. The fourth-order valence-electron chi connectivity index (χ4n) is 2.59. The maximum absolute atomic E-state index is 13.3. The van der Waals surface area contributed by atoms with E-state index in [4.69, 9.17) is 0 Å². The molecule has 0 aliphatic carbocycles. The second kappa shape index (κ2) is 5.80. The van der Waals surface area contributed by atoms with Gasteiger partial charge in [-0.25, -0.2) is 4.39 Å². The SMILES string of the molecule is CC(C)(C)N1CCN(c2ccc(F)cc2CBr)CC1. The molecule has 0 radical (unpaired) electrons. The minimum absolute atomic E-state index is 0.161. The average Bonchev–Trinajstić information content (AvgIpc) is 2.37. The second-order valence-corrected chi connectivity index (χ2v) is 6.61. The third-order valence-electron chi connectivity index (χ3n) is 3.75. The molecule has 1 fully saturated rings. The number of rotatable bonds is 2. The van der Waals surface area contributed by atoms with Gasteiger partial charge in [0.15, 0.2) is 0 Å². The third-order valence-corrected chi connectivity index (χ3v) is 4.36. The zero-order valence-corrected chi connectivity index (χ0v) is 13.5. The molecule has 1 saturated heterocycles. The van der Waals surface area contributed by atoms with Gasteiger partial charge >= 0.3 is 0 Å². The van der Waals surface area contributed by atoms with Crippen molar-refractivity contribution in [3.05, 3.63) is 29.6 Å². The van der Waals surface area contributed by atoms with Crippen molar-refractivity contribution in [2.24, 2.45) is 0 Å². The molecule has 0 aromatic heterocycles. The van der Waals surface area contributed by atoms with E-state index in [1.54, 1.807) is 12.1 Å². The summed E-state index contributed by atoms with van der Waals surface area (Å²) in [5.74, 6) is -0.161. The van der Waals surface area contributed by atoms with Crippen LogP contribution in [0.15, 0.2) is 18.2 Å². The third kappa shape index (κ3) is 3.48. The molecular weight excluding hydrogens is 307 g/mol. The summed E-state index contributed by atoms with van der Waals surface area (Å²) < 4.78 is 13.3. The Hall–Kier alpha value is -0.610. The molecular formula is C15H22BrFN2. The van der Waals surface area contributed by atoms with Crippen LogP contribution in [0, 0.1) is 5.82 Å². The predicted octanol–water partition coefficient (Wildman–Crippen LogP) is 3.64. The van der Waals surface area contributed by atoms with Crippen LogP contribution in [0.1, 0.15) is 26.3 Å². The number of hydrogen-bond donors (Lipinski definition) is 0. The van der Waals surface area contributed by atoms with Gasteiger partial charge in [0.2, 0.25) is 0 Å². The first kappa shape index (κ1) is 14.8. The molecule has 0 amide bonds. The van der Waals surface area contributed by atoms with Crippen LogP contribution in [0.2, 0.25) is 0 Å². The maximum Gasteiger partial charge on any atom is 0.123 e. The van der Waals surface area contributed by atoms with Crippen molar-refractivity contribution in [3.8, 4) is 0 Å². The number of nitrogens with zero attached hydrogens (tertiary/aromatic N) is 2. The lowest BCUT2D eigenvalue weighted by molar-refractivity contribution is 0.128. The van der Waals surface area contributed by atoms with Gasteiger partial charge in [-0.05, 0) is 44.5 Å². The van der Waals surface area contributed by atoms with Gasteiger partial charge < -0.3 is 4.90 Å². The number of piperazine rings is 1. The van der Waals surface area contributed by atoms with Crippen LogP contribution < -0.4 is 4.90 Å². The van der Waals surface area contributed by atoms with E-state index in [9.17, 15) is 4.39 Å². The summed E-state index contributed by atoms with van der Waals surface area (Å²) in [6, 6.07) is 5.08. The number of benzene rings is 1. The Bertz CT molecular complexity index is 434. The molecule has 106 valence electrons. The molecule has 1 aromatic carbocycles. The first-order chi connectivity index (χ1) is 8.91. The molecule has 1 aliphatic rings. The summed E-state index contributed by atoms with van der Waals surface area (Å²) in [5.41, 5.74) is 2.42. The van der Waals surface area contributed by atoms with Crippen LogP contribution in [0.4, 0.5) is 10.1 Å². The number of alkyl halides is 1. The molecule has 2 nitrogen and oxygen atoms in total. The molecule has 1 heterocycles. The van der Waals surface area contributed by atoms with Gasteiger partial charge in [-0.3, -0.25) is 4.90 Å². The minimum Gasteiger partial charge on any atom is -0.369 e. The Morgan fingerprint density at radius 1 is 1.16 bits per heavy atom. The van der Waals surface area contributed by atoms with E-state index in [-0.39, 0.29) is 11.4 Å². The minimum atomic E-state index is -0.161. The van der Waals surface area contributed by atoms with Crippen LogP contribution >= 0.6 is 15.9 Å². The van der Waals surface area contributed by atoms with E-state index in [2.05, 4.69) is 46.5 Å². The second-order valence-electron chi connectivity index (χ2n) is 6.05. The van der Waals surface area contributed by atoms with Crippen molar-refractivity contribution >= 4 is 21.6 Å². The fourth-order valence-corrected chi connectivity index (χ4v) is 3.04. The summed E-state index contributed by atoms with van der Waals surface area (Å²) in [5, 5.41) is 0.694. The van der Waals surface area contributed by atoms with Crippen LogP contribution in [-0.2, 0) is 5.33 Å². The van der Waals surface area contributed by atoms with Gasteiger partial charge in [0.1, 0.15) is 5.82 Å². The van der Waals surface area contributed by atoms with E-state index in [0.717, 1.165) is 37.4 Å². The first-order valence-corrected chi connectivity index (χ1v) is 7.88. The normalized spacial score (nSPS) is 17.8. The fraction of sp³-hybridized carbons (Fsp3) is 0.600. The molecule has 1 aliphatic heterocycles.